The second kappa shape index (κ2) is 13.8. The first kappa shape index (κ1) is 27.7. The van der Waals surface area contributed by atoms with Gasteiger partial charge in [-0.25, -0.2) is 4.79 Å². The highest BCUT2D eigenvalue weighted by Crippen LogP contribution is 1.94. The van der Waals surface area contributed by atoms with Crippen LogP contribution in [0.5, 0.6) is 0 Å². The quantitative estimate of drug-likeness (QED) is 0.119. The standard InChI is InChI=1S/C15H26N6O10/c16-6(3-22)12(27)21-8(4-23)13(28)18-2-11(26)19-9(5-24)14(29)20-7(15(30)31)1-10(17)25/h6-9,22-24H,1-5,16H2,(H2,17,25)(H,18,28)(H,19,26)(H,20,29)(H,21,27)(H,30,31)/t6-,7-,8-,9-/m0/s1. The van der Waals surface area contributed by atoms with Crippen LogP contribution in [0.25, 0.3) is 0 Å². The number of rotatable bonds is 14. The number of nitrogens with two attached hydrogens (primary N) is 2. The third kappa shape index (κ3) is 10.3. The van der Waals surface area contributed by atoms with Crippen molar-refractivity contribution in [3.8, 4) is 0 Å². The van der Waals surface area contributed by atoms with Crippen molar-refractivity contribution in [3.05, 3.63) is 0 Å². The fraction of sp³-hybridized carbons (Fsp3) is 0.600. The molecule has 0 aromatic rings. The molecule has 5 amide bonds. The Morgan fingerprint density at radius 1 is 0.742 bits per heavy atom. The number of carboxylic acids is 1. The topological polar surface area (TPSA) is 284 Å². The third-order valence-corrected chi connectivity index (χ3v) is 3.63. The van der Waals surface area contributed by atoms with Crippen LogP contribution in [0.2, 0.25) is 0 Å². The zero-order valence-electron chi connectivity index (χ0n) is 16.2. The zero-order chi connectivity index (χ0) is 24.1. The van der Waals surface area contributed by atoms with E-state index < -0.39 is 92.5 Å². The predicted molar refractivity (Wildman–Crippen MR) is 99.5 cm³/mol. The number of hydrogen-bond donors (Lipinski definition) is 10. The van der Waals surface area contributed by atoms with Crippen LogP contribution < -0.4 is 32.7 Å². The van der Waals surface area contributed by atoms with Gasteiger partial charge in [0.1, 0.15) is 24.2 Å². The number of carbonyl (C=O) groups excluding carboxylic acids is 5. The smallest absolute Gasteiger partial charge is 0.326 e. The molecule has 0 aliphatic rings. The molecule has 0 spiro atoms. The number of aliphatic hydroxyl groups excluding tert-OH is 3. The second-order valence-corrected chi connectivity index (χ2v) is 6.12. The molecule has 0 aromatic carbocycles. The Hall–Kier alpha value is -3.34. The van der Waals surface area contributed by atoms with Crippen molar-refractivity contribution in [2.45, 2.75) is 30.6 Å². The van der Waals surface area contributed by atoms with Crippen LogP contribution in [0.15, 0.2) is 0 Å². The van der Waals surface area contributed by atoms with E-state index in [0.717, 1.165) is 0 Å². The van der Waals surface area contributed by atoms with Crippen LogP contribution in [0.3, 0.4) is 0 Å². The lowest BCUT2D eigenvalue weighted by Gasteiger charge is -2.20. The number of aliphatic carboxylic acids is 1. The maximum absolute atomic E-state index is 12.0. The fourth-order valence-corrected chi connectivity index (χ4v) is 1.96. The molecule has 176 valence electrons. The van der Waals surface area contributed by atoms with E-state index in [-0.39, 0.29) is 0 Å². The maximum atomic E-state index is 12.0. The summed E-state index contributed by atoms with van der Waals surface area (Å²) in [5.41, 5.74) is 10.1. The minimum atomic E-state index is -1.69. The van der Waals surface area contributed by atoms with E-state index in [0.29, 0.717) is 0 Å². The molecule has 31 heavy (non-hydrogen) atoms. The Morgan fingerprint density at radius 3 is 1.71 bits per heavy atom. The monoisotopic (exact) mass is 450 g/mol. The van der Waals surface area contributed by atoms with Gasteiger partial charge in [-0.05, 0) is 0 Å². The van der Waals surface area contributed by atoms with Crippen LogP contribution in [0.4, 0.5) is 0 Å². The van der Waals surface area contributed by atoms with E-state index in [2.05, 4.69) is 5.32 Å². The molecule has 0 aromatic heterocycles. The maximum Gasteiger partial charge on any atom is 0.326 e. The molecular weight excluding hydrogens is 424 g/mol. The van der Waals surface area contributed by atoms with Gasteiger partial charge in [0.05, 0.1) is 32.8 Å². The van der Waals surface area contributed by atoms with Crippen molar-refractivity contribution in [2.24, 2.45) is 11.5 Å². The molecule has 0 saturated carbocycles. The van der Waals surface area contributed by atoms with Gasteiger partial charge in [0.15, 0.2) is 0 Å². The lowest BCUT2D eigenvalue weighted by molar-refractivity contribution is -0.144. The first-order chi connectivity index (χ1) is 14.5. The number of primary amides is 1. The summed E-state index contributed by atoms with van der Waals surface area (Å²) in [5.74, 6) is -6.62. The second-order valence-electron chi connectivity index (χ2n) is 6.12. The molecule has 0 bridgehead atoms. The van der Waals surface area contributed by atoms with Crippen molar-refractivity contribution in [1.29, 1.82) is 0 Å². The molecule has 0 heterocycles. The van der Waals surface area contributed by atoms with E-state index >= 15 is 0 Å². The Labute approximate surface area is 175 Å². The molecule has 16 heteroatoms. The van der Waals surface area contributed by atoms with Gasteiger partial charge in [0.2, 0.25) is 29.5 Å². The highest BCUT2D eigenvalue weighted by molar-refractivity contribution is 5.94. The molecule has 0 rings (SSSR count). The molecule has 0 radical (unpaired) electrons. The zero-order valence-corrected chi connectivity index (χ0v) is 16.2. The highest BCUT2D eigenvalue weighted by atomic mass is 16.4. The van der Waals surface area contributed by atoms with Crippen LogP contribution in [0, 0.1) is 0 Å². The minimum absolute atomic E-state index is 0.708. The average molecular weight is 450 g/mol. The molecule has 0 saturated heterocycles. The van der Waals surface area contributed by atoms with E-state index in [9.17, 15) is 33.9 Å². The summed E-state index contributed by atoms with van der Waals surface area (Å²) in [4.78, 5) is 69.2. The van der Waals surface area contributed by atoms with Crippen molar-refractivity contribution in [1.82, 2.24) is 21.3 Å². The highest BCUT2D eigenvalue weighted by Gasteiger charge is 2.28. The van der Waals surface area contributed by atoms with E-state index in [1.165, 1.54) is 0 Å². The van der Waals surface area contributed by atoms with Gasteiger partial charge in [-0.15, -0.1) is 0 Å². The van der Waals surface area contributed by atoms with Crippen LogP contribution in [-0.2, 0) is 28.8 Å². The number of carbonyl (C=O) groups is 6. The number of hydrogen-bond acceptors (Lipinski definition) is 10. The Morgan fingerprint density at radius 2 is 1.26 bits per heavy atom. The molecule has 0 unspecified atom stereocenters. The summed E-state index contributed by atoms with van der Waals surface area (Å²) < 4.78 is 0. The van der Waals surface area contributed by atoms with Crippen LogP contribution >= 0.6 is 0 Å². The molecule has 0 aliphatic heterocycles. The first-order valence-electron chi connectivity index (χ1n) is 8.73. The van der Waals surface area contributed by atoms with E-state index in [4.69, 9.17) is 26.8 Å². The van der Waals surface area contributed by atoms with Gasteiger partial charge < -0.3 is 53.2 Å². The predicted octanol–water partition coefficient (Wildman–Crippen LogP) is -7.18. The number of nitrogens with one attached hydrogen (secondary N) is 4. The lowest BCUT2D eigenvalue weighted by Crippen LogP contribution is -2.57. The third-order valence-electron chi connectivity index (χ3n) is 3.63. The van der Waals surface area contributed by atoms with Gasteiger partial charge in [0.25, 0.3) is 0 Å². The van der Waals surface area contributed by atoms with Crippen molar-refractivity contribution >= 4 is 35.5 Å². The molecule has 4 atom stereocenters. The summed E-state index contributed by atoms with van der Waals surface area (Å²) in [7, 11) is 0. The van der Waals surface area contributed by atoms with E-state index in [1.54, 1.807) is 0 Å². The molecule has 12 N–H and O–H groups in total. The first-order valence-corrected chi connectivity index (χ1v) is 8.73. The van der Waals surface area contributed by atoms with Gasteiger partial charge in [-0.3, -0.25) is 24.0 Å². The molecule has 0 fully saturated rings. The van der Waals surface area contributed by atoms with Gasteiger partial charge in [-0.1, -0.05) is 0 Å². The summed E-state index contributed by atoms with van der Waals surface area (Å²) in [6.45, 7) is -3.25. The summed E-state index contributed by atoms with van der Waals surface area (Å²) in [6, 6.07) is -6.12. The Balaban J connectivity index is 4.77. The van der Waals surface area contributed by atoms with Crippen molar-refractivity contribution < 1.29 is 49.2 Å². The Kier molecular flexibility index (Phi) is 12.3. The fourth-order valence-electron chi connectivity index (χ4n) is 1.96. The van der Waals surface area contributed by atoms with Crippen molar-refractivity contribution in [2.75, 3.05) is 26.4 Å². The number of aliphatic hydroxyl groups is 3. The summed E-state index contributed by atoms with van der Waals surface area (Å²) >= 11 is 0. The summed E-state index contributed by atoms with van der Waals surface area (Å²) in [6.07, 6.45) is -0.725. The van der Waals surface area contributed by atoms with Crippen LogP contribution in [-0.4, -0.2) is 106 Å². The minimum Gasteiger partial charge on any atom is -0.480 e. The number of carboxylic acid groups (broad SMARTS) is 1. The molecular formula is C15H26N6O10. The molecule has 0 aliphatic carbocycles. The van der Waals surface area contributed by atoms with Crippen LogP contribution in [0.1, 0.15) is 6.42 Å². The lowest BCUT2D eigenvalue weighted by atomic mass is 10.1. The normalized spacial score (nSPS) is 14.3. The van der Waals surface area contributed by atoms with E-state index in [1.807, 2.05) is 16.0 Å². The Bertz CT molecular complexity index is 687. The van der Waals surface area contributed by atoms with Gasteiger partial charge in [-0.2, -0.15) is 0 Å². The summed E-state index contributed by atoms with van der Waals surface area (Å²) in [5, 5.41) is 44.2. The van der Waals surface area contributed by atoms with Gasteiger partial charge >= 0.3 is 5.97 Å². The van der Waals surface area contributed by atoms with Gasteiger partial charge in [0, 0.05) is 0 Å². The number of amides is 5. The SMILES string of the molecule is NC(=O)C[C@H](NC(=O)[C@H](CO)NC(=O)CNC(=O)[C@H](CO)NC(=O)[C@@H](N)CO)C(=O)O. The average Bonchev–Trinajstić information content (AvgIpc) is 2.71. The van der Waals surface area contributed by atoms with Crippen molar-refractivity contribution in [3.63, 3.8) is 0 Å². The molecule has 16 nitrogen and oxygen atoms in total. The largest absolute Gasteiger partial charge is 0.480 e.